The van der Waals surface area contributed by atoms with E-state index in [4.69, 9.17) is 0 Å². The number of rotatable bonds is 6. The Morgan fingerprint density at radius 1 is 1.17 bits per heavy atom. The molecule has 3 aromatic heterocycles. The van der Waals surface area contributed by atoms with Gasteiger partial charge in [-0.2, -0.15) is 11.8 Å². The minimum Gasteiger partial charge on any atom is -0.326 e. The lowest BCUT2D eigenvalue weighted by Crippen LogP contribution is -2.13. The Kier molecular flexibility index (Phi) is 4.95. The minimum absolute atomic E-state index is 0.0501. The van der Waals surface area contributed by atoms with Crippen molar-refractivity contribution in [2.45, 2.75) is 31.4 Å². The number of carbonyl (C=O) groups is 1. The van der Waals surface area contributed by atoms with Crippen molar-refractivity contribution in [3.8, 4) is 0 Å². The average Bonchev–Trinajstić information content (AvgIpc) is 3.38. The second kappa shape index (κ2) is 7.77. The van der Waals surface area contributed by atoms with Gasteiger partial charge in [0.05, 0.1) is 22.2 Å². The highest BCUT2D eigenvalue weighted by Crippen LogP contribution is 2.34. The molecule has 10 heteroatoms. The summed E-state index contributed by atoms with van der Waals surface area (Å²) in [5.74, 6) is 1.71. The molecule has 0 saturated carbocycles. The summed E-state index contributed by atoms with van der Waals surface area (Å²) in [5.41, 5.74) is 2.84. The molecular weight excluding hydrogens is 422 g/mol. The van der Waals surface area contributed by atoms with Gasteiger partial charge in [0.25, 0.3) is 5.56 Å². The van der Waals surface area contributed by atoms with Gasteiger partial charge in [-0.15, -0.1) is 11.3 Å². The van der Waals surface area contributed by atoms with Crippen molar-refractivity contribution in [2.75, 3.05) is 11.1 Å². The number of anilines is 1. The van der Waals surface area contributed by atoms with E-state index in [1.54, 1.807) is 41.3 Å². The molecule has 0 fully saturated rings. The number of benzene rings is 1. The van der Waals surface area contributed by atoms with Crippen molar-refractivity contribution in [2.24, 2.45) is 0 Å². The van der Waals surface area contributed by atoms with E-state index in [9.17, 15) is 14.4 Å². The first-order valence-electron chi connectivity index (χ1n) is 9.70. The maximum absolute atomic E-state index is 12.5. The molecule has 4 aromatic rings. The molecule has 0 aliphatic heterocycles. The first-order chi connectivity index (χ1) is 14.6. The number of hydrogen-bond donors (Lipinski definition) is 4. The zero-order valence-electron chi connectivity index (χ0n) is 16.0. The fourth-order valence-corrected chi connectivity index (χ4v) is 5.87. The van der Waals surface area contributed by atoms with Crippen LogP contribution in [0.4, 0.5) is 5.69 Å². The lowest BCUT2D eigenvalue weighted by atomic mass is 10.2. The van der Waals surface area contributed by atoms with E-state index in [1.807, 2.05) is 0 Å². The van der Waals surface area contributed by atoms with Crippen molar-refractivity contribution in [3.05, 3.63) is 55.3 Å². The third-order valence-corrected chi connectivity index (χ3v) is 7.29. The first kappa shape index (κ1) is 19.1. The van der Waals surface area contributed by atoms with Crippen LogP contribution < -0.4 is 16.6 Å². The highest BCUT2D eigenvalue weighted by atomic mass is 32.2. The fourth-order valence-electron chi connectivity index (χ4n) is 3.78. The Labute approximate surface area is 178 Å². The molecule has 30 heavy (non-hydrogen) atoms. The Morgan fingerprint density at radius 3 is 2.93 bits per heavy atom. The molecule has 0 bridgehead atoms. The number of nitrogens with one attached hydrogen (secondary N) is 4. The molecule has 1 aliphatic carbocycles. The van der Waals surface area contributed by atoms with E-state index >= 15 is 0 Å². The van der Waals surface area contributed by atoms with Crippen molar-refractivity contribution < 1.29 is 4.79 Å². The van der Waals surface area contributed by atoms with Crippen molar-refractivity contribution in [1.29, 1.82) is 0 Å². The molecule has 0 radical (unpaired) electrons. The SMILES string of the molecule is O=C(CCSCc1nc2sc3c(c2c(=O)[nH]1)CCC3)Nc1ccc2[nH]c(=O)[nH]c2c1. The molecule has 4 N–H and O–H groups in total. The van der Waals surface area contributed by atoms with Crippen LogP contribution in [0.2, 0.25) is 0 Å². The number of imidazole rings is 1. The van der Waals surface area contributed by atoms with Crippen LogP contribution in [-0.2, 0) is 23.4 Å². The first-order valence-corrected chi connectivity index (χ1v) is 11.7. The summed E-state index contributed by atoms with van der Waals surface area (Å²) in [6.07, 6.45) is 3.47. The van der Waals surface area contributed by atoms with Crippen LogP contribution in [0.5, 0.6) is 0 Å². The Morgan fingerprint density at radius 2 is 2.03 bits per heavy atom. The van der Waals surface area contributed by atoms with Crippen LogP contribution in [0.1, 0.15) is 29.1 Å². The molecule has 5 rings (SSSR count). The number of fused-ring (bicyclic) bond motifs is 4. The van der Waals surface area contributed by atoms with Gasteiger partial charge in [-0.25, -0.2) is 9.78 Å². The Bertz CT molecular complexity index is 1380. The largest absolute Gasteiger partial charge is 0.326 e. The van der Waals surface area contributed by atoms with E-state index < -0.39 is 0 Å². The van der Waals surface area contributed by atoms with Crippen molar-refractivity contribution >= 4 is 55.9 Å². The van der Waals surface area contributed by atoms with Gasteiger partial charge in [0.1, 0.15) is 10.7 Å². The maximum Gasteiger partial charge on any atom is 0.323 e. The number of aromatic amines is 3. The summed E-state index contributed by atoms with van der Waals surface area (Å²) in [7, 11) is 0. The summed E-state index contributed by atoms with van der Waals surface area (Å²) in [4.78, 5) is 51.0. The molecule has 1 aliphatic rings. The number of aromatic nitrogens is 4. The van der Waals surface area contributed by atoms with Crippen LogP contribution in [0.15, 0.2) is 27.8 Å². The van der Waals surface area contributed by atoms with E-state index in [0.29, 0.717) is 40.5 Å². The van der Waals surface area contributed by atoms with Gasteiger partial charge in [-0.3, -0.25) is 9.59 Å². The van der Waals surface area contributed by atoms with Gasteiger partial charge < -0.3 is 20.3 Å². The molecule has 0 saturated heterocycles. The van der Waals surface area contributed by atoms with Gasteiger partial charge >= 0.3 is 5.69 Å². The Hall–Kier alpha value is -2.85. The zero-order chi connectivity index (χ0) is 20.7. The van der Waals surface area contributed by atoms with E-state index in [0.717, 1.165) is 29.5 Å². The highest BCUT2D eigenvalue weighted by Gasteiger charge is 2.21. The monoisotopic (exact) mass is 441 g/mol. The maximum atomic E-state index is 12.5. The number of hydrogen-bond acceptors (Lipinski definition) is 6. The number of aryl methyl sites for hydroxylation is 2. The van der Waals surface area contributed by atoms with Crippen LogP contribution in [0.25, 0.3) is 21.3 Å². The summed E-state index contributed by atoms with van der Waals surface area (Å²) in [6, 6.07) is 5.22. The number of H-pyrrole nitrogens is 3. The van der Waals surface area contributed by atoms with Crippen molar-refractivity contribution in [1.82, 2.24) is 19.9 Å². The fraction of sp³-hybridized carbons (Fsp3) is 0.300. The molecule has 0 spiro atoms. The van der Waals surface area contributed by atoms with E-state index in [1.165, 1.54) is 10.4 Å². The number of amides is 1. The average molecular weight is 442 g/mol. The van der Waals surface area contributed by atoms with Crippen molar-refractivity contribution in [3.63, 3.8) is 0 Å². The lowest BCUT2D eigenvalue weighted by Gasteiger charge is -2.05. The summed E-state index contributed by atoms with van der Waals surface area (Å²) in [5, 5.41) is 3.60. The standard InChI is InChI=1S/C20H19N5O3S2/c26-16(21-10-4-5-12-13(8-10)23-20(28)22-12)6-7-29-9-15-24-18(27)17-11-2-1-3-14(11)30-19(17)25-15/h4-5,8H,1-3,6-7,9H2,(H,21,26)(H2,22,23,28)(H,24,25,27). The third kappa shape index (κ3) is 3.68. The summed E-state index contributed by atoms with van der Waals surface area (Å²) < 4.78 is 0. The predicted molar refractivity (Wildman–Crippen MR) is 121 cm³/mol. The third-order valence-electron chi connectivity index (χ3n) is 5.14. The van der Waals surface area contributed by atoms with E-state index in [-0.39, 0.29) is 17.2 Å². The number of thioether (sulfide) groups is 1. The van der Waals surface area contributed by atoms with E-state index in [2.05, 4.69) is 25.3 Å². The van der Waals surface area contributed by atoms with Gasteiger partial charge in [0.15, 0.2) is 0 Å². The minimum atomic E-state index is -0.276. The number of carbonyl (C=O) groups excluding carboxylic acids is 1. The van der Waals surface area contributed by atoms with Gasteiger partial charge in [0.2, 0.25) is 5.91 Å². The molecular formula is C20H19N5O3S2. The molecule has 1 aromatic carbocycles. The second-order valence-electron chi connectivity index (χ2n) is 7.24. The molecule has 0 unspecified atom stereocenters. The van der Waals surface area contributed by atoms with Crippen LogP contribution in [0.3, 0.4) is 0 Å². The van der Waals surface area contributed by atoms with Crippen LogP contribution in [0, 0.1) is 0 Å². The quantitative estimate of drug-likeness (QED) is 0.343. The Balaban J connectivity index is 1.16. The number of thiophene rings is 1. The number of nitrogens with zero attached hydrogens (tertiary/aromatic N) is 1. The topological polar surface area (TPSA) is 123 Å². The van der Waals surface area contributed by atoms with Crippen LogP contribution in [-0.4, -0.2) is 31.6 Å². The highest BCUT2D eigenvalue weighted by molar-refractivity contribution is 7.98. The molecule has 0 atom stereocenters. The molecule has 3 heterocycles. The van der Waals surface area contributed by atoms with Crippen LogP contribution >= 0.6 is 23.1 Å². The summed E-state index contributed by atoms with van der Waals surface area (Å²) in [6.45, 7) is 0. The zero-order valence-corrected chi connectivity index (χ0v) is 17.6. The lowest BCUT2D eigenvalue weighted by molar-refractivity contribution is -0.115. The molecule has 154 valence electrons. The predicted octanol–water partition coefficient (Wildman–Crippen LogP) is 2.90. The molecule has 1 amide bonds. The van der Waals surface area contributed by atoms with Gasteiger partial charge in [0, 0.05) is 22.7 Å². The van der Waals surface area contributed by atoms with Gasteiger partial charge in [-0.1, -0.05) is 0 Å². The smallest absolute Gasteiger partial charge is 0.323 e. The second-order valence-corrected chi connectivity index (χ2v) is 9.43. The van der Waals surface area contributed by atoms with Gasteiger partial charge in [-0.05, 0) is 43.0 Å². The normalized spacial score (nSPS) is 13.2. The molecule has 8 nitrogen and oxygen atoms in total. The summed E-state index contributed by atoms with van der Waals surface area (Å²) >= 11 is 3.19.